The highest BCUT2D eigenvalue weighted by atomic mass is 16.5. The summed E-state index contributed by atoms with van der Waals surface area (Å²) in [6.45, 7) is 5.76. The minimum absolute atomic E-state index is 0.371. The number of carbonyl (C=O) groups excluding carboxylic acids is 1. The highest BCUT2D eigenvalue weighted by molar-refractivity contribution is 5.92. The summed E-state index contributed by atoms with van der Waals surface area (Å²) in [7, 11) is 2.85. The second kappa shape index (κ2) is 10.6. The molecule has 1 aliphatic rings. The number of hydrogen-bond acceptors (Lipinski definition) is 6. The smallest absolute Gasteiger partial charge is 0.341 e. The Hall–Kier alpha value is -2.32. The fraction of sp³-hybridized carbons (Fsp3) is 0.556. The van der Waals surface area contributed by atoms with Crippen LogP contribution in [0.25, 0.3) is 0 Å². The van der Waals surface area contributed by atoms with Gasteiger partial charge in [-0.3, -0.25) is 4.90 Å². The fourth-order valence-electron chi connectivity index (χ4n) is 2.70. The lowest BCUT2D eigenvalue weighted by molar-refractivity contribution is 0.0376. The predicted octanol–water partition coefficient (Wildman–Crippen LogP) is 0.608. The van der Waals surface area contributed by atoms with Crippen LogP contribution in [0.1, 0.15) is 22.3 Å². The Balaban J connectivity index is 1.79. The maximum Gasteiger partial charge on any atom is 0.341 e. The van der Waals surface area contributed by atoms with Crippen molar-refractivity contribution in [1.29, 1.82) is 0 Å². The molecule has 0 radical (unpaired) electrons. The van der Waals surface area contributed by atoms with Crippen LogP contribution in [-0.2, 0) is 16.0 Å². The molecule has 26 heavy (non-hydrogen) atoms. The Labute approximate surface area is 154 Å². The number of benzene rings is 1. The highest BCUT2D eigenvalue weighted by Crippen LogP contribution is 2.21. The highest BCUT2D eigenvalue weighted by Gasteiger charge is 2.13. The molecule has 0 saturated carbocycles. The molecule has 0 unspecified atom stereocenters. The third kappa shape index (κ3) is 6.20. The van der Waals surface area contributed by atoms with Crippen molar-refractivity contribution in [3.05, 3.63) is 29.3 Å². The third-order valence-electron chi connectivity index (χ3n) is 4.16. The molecule has 1 heterocycles. The van der Waals surface area contributed by atoms with Crippen molar-refractivity contribution in [2.75, 3.05) is 53.6 Å². The van der Waals surface area contributed by atoms with Crippen molar-refractivity contribution >= 4 is 11.9 Å². The molecule has 8 heteroatoms. The van der Waals surface area contributed by atoms with Gasteiger partial charge in [0.2, 0.25) is 0 Å². The normalized spacial score (nSPS) is 15.5. The van der Waals surface area contributed by atoms with E-state index in [-0.39, 0.29) is 0 Å². The summed E-state index contributed by atoms with van der Waals surface area (Å²) in [5.74, 6) is 0.420. The van der Waals surface area contributed by atoms with E-state index in [1.165, 1.54) is 14.2 Å². The zero-order valence-corrected chi connectivity index (χ0v) is 15.5. The SMILES string of the molecule is COC(=O)c1cc(CN=C(N)NCCCN2CCOCC2)ccc1OC. The first-order valence-corrected chi connectivity index (χ1v) is 8.73. The fourth-order valence-corrected chi connectivity index (χ4v) is 2.70. The number of nitrogens with one attached hydrogen (secondary N) is 1. The zero-order chi connectivity index (χ0) is 18.8. The number of carbonyl (C=O) groups is 1. The molecule has 0 bridgehead atoms. The molecule has 2 rings (SSSR count). The van der Waals surface area contributed by atoms with Gasteiger partial charge in [-0.2, -0.15) is 0 Å². The van der Waals surface area contributed by atoms with Gasteiger partial charge in [0.1, 0.15) is 11.3 Å². The van der Waals surface area contributed by atoms with Crippen LogP contribution in [0.5, 0.6) is 5.75 Å². The summed E-state index contributed by atoms with van der Waals surface area (Å²) in [4.78, 5) is 18.5. The number of nitrogens with zero attached hydrogens (tertiary/aromatic N) is 2. The quantitative estimate of drug-likeness (QED) is 0.302. The van der Waals surface area contributed by atoms with Gasteiger partial charge in [0.25, 0.3) is 0 Å². The minimum Gasteiger partial charge on any atom is -0.496 e. The number of morpholine rings is 1. The lowest BCUT2D eigenvalue weighted by Gasteiger charge is -2.26. The van der Waals surface area contributed by atoms with E-state index in [4.69, 9.17) is 19.9 Å². The van der Waals surface area contributed by atoms with Crippen LogP contribution in [0.2, 0.25) is 0 Å². The topological polar surface area (TPSA) is 98.4 Å². The minimum atomic E-state index is -0.443. The average molecular weight is 364 g/mol. The summed E-state index contributed by atoms with van der Waals surface area (Å²) >= 11 is 0. The first kappa shape index (κ1) is 20.0. The van der Waals surface area contributed by atoms with E-state index in [0.717, 1.165) is 51.4 Å². The van der Waals surface area contributed by atoms with Crippen molar-refractivity contribution in [3.63, 3.8) is 0 Å². The average Bonchev–Trinajstić information content (AvgIpc) is 2.69. The number of aliphatic imine (C=N–C) groups is 1. The van der Waals surface area contributed by atoms with Crippen molar-refractivity contribution in [2.24, 2.45) is 10.7 Å². The molecular formula is C18H28N4O4. The van der Waals surface area contributed by atoms with Gasteiger partial charge in [-0.1, -0.05) is 6.07 Å². The van der Waals surface area contributed by atoms with E-state index in [1.54, 1.807) is 12.1 Å². The van der Waals surface area contributed by atoms with Crippen molar-refractivity contribution < 1.29 is 19.0 Å². The maximum absolute atomic E-state index is 11.8. The van der Waals surface area contributed by atoms with Gasteiger partial charge < -0.3 is 25.3 Å². The van der Waals surface area contributed by atoms with Gasteiger partial charge in [-0.15, -0.1) is 0 Å². The van der Waals surface area contributed by atoms with Gasteiger partial charge in [0.05, 0.1) is 34.0 Å². The lowest BCUT2D eigenvalue weighted by atomic mass is 10.1. The summed E-state index contributed by atoms with van der Waals surface area (Å²) in [5, 5.41) is 3.12. The Morgan fingerprint density at radius 1 is 1.35 bits per heavy atom. The number of ether oxygens (including phenoxy) is 3. The van der Waals surface area contributed by atoms with Gasteiger partial charge in [0, 0.05) is 19.6 Å². The molecular weight excluding hydrogens is 336 g/mol. The van der Waals surface area contributed by atoms with E-state index >= 15 is 0 Å². The van der Waals surface area contributed by atoms with Gasteiger partial charge >= 0.3 is 5.97 Å². The largest absolute Gasteiger partial charge is 0.496 e. The monoisotopic (exact) mass is 364 g/mol. The number of nitrogens with two attached hydrogens (primary N) is 1. The Morgan fingerprint density at radius 3 is 2.81 bits per heavy atom. The molecule has 3 N–H and O–H groups in total. The molecule has 1 saturated heterocycles. The summed E-state index contributed by atoms with van der Waals surface area (Å²) < 4.78 is 15.3. The molecule has 0 aliphatic carbocycles. The van der Waals surface area contributed by atoms with Crippen LogP contribution in [0.4, 0.5) is 0 Å². The molecule has 1 fully saturated rings. The van der Waals surface area contributed by atoms with E-state index in [1.807, 2.05) is 6.07 Å². The Kier molecular flexibility index (Phi) is 8.17. The van der Waals surface area contributed by atoms with E-state index in [9.17, 15) is 4.79 Å². The van der Waals surface area contributed by atoms with E-state index in [0.29, 0.717) is 23.8 Å². The summed E-state index contributed by atoms with van der Waals surface area (Å²) in [6, 6.07) is 5.28. The lowest BCUT2D eigenvalue weighted by Crippen LogP contribution is -2.39. The molecule has 144 valence electrons. The van der Waals surface area contributed by atoms with Gasteiger partial charge in [-0.25, -0.2) is 9.79 Å². The van der Waals surface area contributed by atoms with Crippen LogP contribution >= 0.6 is 0 Å². The third-order valence-corrected chi connectivity index (χ3v) is 4.16. The van der Waals surface area contributed by atoms with Crippen molar-refractivity contribution in [1.82, 2.24) is 10.2 Å². The van der Waals surface area contributed by atoms with Gasteiger partial charge in [0.15, 0.2) is 5.96 Å². The maximum atomic E-state index is 11.8. The second-order valence-electron chi connectivity index (χ2n) is 5.96. The summed E-state index contributed by atoms with van der Waals surface area (Å²) in [5.41, 5.74) is 7.14. The van der Waals surface area contributed by atoms with Crippen LogP contribution in [0, 0.1) is 0 Å². The Bertz CT molecular complexity index is 615. The first-order valence-electron chi connectivity index (χ1n) is 8.73. The second-order valence-corrected chi connectivity index (χ2v) is 5.96. The van der Waals surface area contributed by atoms with Crippen molar-refractivity contribution in [3.8, 4) is 5.75 Å². The van der Waals surface area contributed by atoms with Crippen LogP contribution in [0.3, 0.4) is 0 Å². The predicted molar refractivity (Wildman–Crippen MR) is 99.5 cm³/mol. The molecule has 1 aliphatic heterocycles. The Morgan fingerprint density at radius 2 is 2.12 bits per heavy atom. The number of esters is 1. The van der Waals surface area contributed by atoms with Gasteiger partial charge in [-0.05, 0) is 30.7 Å². The first-order chi connectivity index (χ1) is 12.6. The van der Waals surface area contributed by atoms with Crippen LogP contribution in [0.15, 0.2) is 23.2 Å². The standard InChI is InChI=1S/C18H28N4O4/c1-24-16-5-4-14(12-15(16)17(23)25-2)13-21-18(19)20-6-3-7-22-8-10-26-11-9-22/h4-5,12H,3,6-11,13H2,1-2H3,(H3,19,20,21). The van der Waals surface area contributed by atoms with Crippen LogP contribution in [-0.4, -0.2) is 70.4 Å². The molecule has 0 atom stereocenters. The molecule has 0 aromatic heterocycles. The zero-order valence-electron chi connectivity index (χ0n) is 15.5. The van der Waals surface area contributed by atoms with E-state index in [2.05, 4.69) is 15.2 Å². The van der Waals surface area contributed by atoms with Crippen molar-refractivity contribution in [2.45, 2.75) is 13.0 Å². The number of rotatable bonds is 8. The van der Waals surface area contributed by atoms with E-state index < -0.39 is 5.97 Å². The molecule has 8 nitrogen and oxygen atoms in total. The number of hydrogen-bond donors (Lipinski definition) is 2. The summed E-state index contributed by atoms with van der Waals surface area (Å²) in [6.07, 6.45) is 0.991. The molecule has 0 spiro atoms. The molecule has 0 amide bonds. The number of guanidine groups is 1. The molecule has 1 aromatic rings. The molecule has 1 aromatic carbocycles. The number of methoxy groups -OCH3 is 2. The van der Waals surface area contributed by atoms with Crippen LogP contribution < -0.4 is 15.8 Å².